The third kappa shape index (κ3) is 2.36. The fraction of sp³-hybridized carbons (Fsp3) is 0.273. The number of hydrogen-bond donors (Lipinski definition) is 1. The van der Waals surface area contributed by atoms with E-state index in [1.54, 1.807) is 6.08 Å². The minimum Gasteiger partial charge on any atom is -0.318 e. The van der Waals surface area contributed by atoms with Crippen molar-refractivity contribution in [1.29, 1.82) is 0 Å². The van der Waals surface area contributed by atoms with E-state index in [4.69, 9.17) is 11.6 Å². The second-order valence-electron chi connectivity index (χ2n) is 3.48. The normalized spacial score (nSPS) is 10.4. The summed E-state index contributed by atoms with van der Waals surface area (Å²) >= 11 is 5.74. The molecule has 0 atom stereocenters. The molecule has 15 heavy (non-hydrogen) atoms. The molecule has 80 valence electrons. The van der Waals surface area contributed by atoms with Gasteiger partial charge in [-0.3, -0.25) is 4.79 Å². The molecule has 1 heterocycles. The van der Waals surface area contributed by atoms with Gasteiger partial charge >= 0.3 is 0 Å². The Morgan fingerprint density at radius 3 is 2.60 bits per heavy atom. The van der Waals surface area contributed by atoms with E-state index >= 15 is 0 Å². The van der Waals surface area contributed by atoms with Gasteiger partial charge in [-0.05, 0) is 6.08 Å². The molecular weight excluding hydrogens is 212 g/mol. The zero-order chi connectivity index (χ0) is 11.6. The van der Waals surface area contributed by atoms with Crippen LogP contribution < -0.4 is 5.56 Å². The quantitative estimate of drug-likeness (QED) is 0.858. The summed E-state index contributed by atoms with van der Waals surface area (Å²) in [5.41, 5.74) is 1.23. The number of aromatic amines is 1. The van der Waals surface area contributed by atoms with Crippen molar-refractivity contribution in [2.75, 3.05) is 0 Å². The molecule has 1 N–H and O–H groups in total. The van der Waals surface area contributed by atoms with Crippen molar-refractivity contribution in [3.63, 3.8) is 0 Å². The van der Waals surface area contributed by atoms with Gasteiger partial charge in [0.2, 0.25) is 0 Å². The van der Waals surface area contributed by atoms with Crippen molar-refractivity contribution < 1.29 is 0 Å². The van der Waals surface area contributed by atoms with E-state index in [2.05, 4.69) is 23.1 Å². The van der Waals surface area contributed by atoms with E-state index < -0.39 is 0 Å². The zero-order valence-electron chi connectivity index (χ0n) is 8.80. The second-order valence-corrected chi connectivity index (χ2v) is 3.93. The highest BCUT2D eigenvalue weighted by atomic mass is 35.5. The summed E-state index contributed by atoms with van der Waals surface area (Å²) in [6, 6.07) is 0. The van der Waals surface area contributed by atoms with Gasteiger partial charge in [0, 0.05) is 5.92 Å². The Labute approximate surface area is 93.5 Å². The molecule has 3 nitrogen and oxygen atoms in total. The first-order chi connectivity index (χ1) is 6.97. The molecular formula is C11H13ClN2O. The molecule has 0 saturated heterocycles. The molecule has 0 spiro atoms. The SMILES string of the molecule is C=Cc1nc(C(C)C)c(=O)[nH]c1C(=C)Cl. The molecule has 0 radical (unpaired) electrons. The predicted octanol–water partition coefficient (Wildman–Crippen LogP) is 2.75. The van der Waals surface area contributed by atoms with Crippen LogP contribution in [0.4, 0.5) is 0 Å². The van der Waals surface area contributed by atoms with Crippen LogP contribution in [-0.2, 0) is 0 Å². The summed E-state index contributed by atoms with van der Waals surface area (Å²) in [6.07, 6.45) is 1.55. The van der Waals surface area contributed by atoms with Crippen LogP contribution in [0, 0.1) is 0 Å². The number of nitrogens with one attached hydrogen (secondary N) is 1. The summed E-state index contributed by atoms with van der Waals surface area (Å²) in [6.45, 7) is 11.0. The topological polar surface area (TPSA) is 45.8 Å². The van der Waals surface area contributed by atoms with Crippen LogP contribution in [0.15, 0.2) is 18.0 Å². The molecule has 0 amide bonds. The van der Waals surface area contributed by atoms with Gasteiger partial charge in [0.05, 0.1) is 16.4 Å². The molecule has 1 aromatic heterocycles. The minimum atomic E-state index is -0.229. The van der Waals surface area contributed by atoms with Crippen molar-refractivity contribution in [2.24, 2.45) is 0 Å². The van der Waals surface area contributed by atoms with E-state index in [1.165, 1.54) is 0 Å². The van der Waals surface area contributed by atoms with Gasteiger partial charge in [0.1, 0.15) is 5.69 Å². The number of aromatic nitrogens is 2. The number of hydrogen-bond acceptors (Lipinski definition) is 2. The number of H-pyrrole nitrogens is 1. The van der Waals surface area contributed by atoms with Gasteiger partial charge in [-0.2, -0.15) is 0 Å². The molecule has 4 heteroatoms. The molecule has 0 aliphatic heterocycles. The van der Waals surface area contributed by atoms with E-state index in [-0.39, 0.29) is 16.5 Å². The molecule has 0 saturated carbocycles. The lowest BCUT2D eigenvalue weighted by molar-refractivity contribution is 0.791. The maximum absolute atomic E-state index is 11.6. The van der Waals surface area contributed by atoms with Crippen molar-refractivity contribution in [2.45, 2.75) is 19.8 Å². The maximum Gasteiger partial charge on any atom is 0.270 e. The van der Waals surface area contributed by atoms with Gasteiger partial charge in [0.25, 0.3) is 5.56 Å². The first-order valence-corrected chi connectivity index (χ1v) is 4.96. The Kier molecular flexibility index (Phi) is 3.48. The fourth-order valence-corrected chi connectivity index (χ4v) is 1.37. The van der Waals surface area contributed by atoms with Crippen molar-refractivity contribution in [3.8, 4) is 0 Å². The van der Waals surface area contributed by atoms with Crippen LogP contribution in [0.3, 0.4) is 0 Å². The van der Waals surface area contributed by atoms with Crippen LogP contribution >= 0.6 is 11.6 Å². The zero-order valence-corrected chi connectivity index (χ0v) is 9.56. The molecule has 0 bridgehead atoms. The predicted molar refractivity (Wildman–Crippen MR) is 63.9 cm³/mol. The highest BCUT2D eigenvalue weighted by Gasteiger charge is 2.12. The average molecular weight is 225 g/mol. The summed E-state index contributed by atoms with van der Waals surface area (Å²) in [5.74, 6) is 0.0603. The minimum absolute atomic E-state index is 0.0603. The van der Waals surface area contributed by atoms with Gasteiger partial charge in [-0.25, -0.2) is 4.98 Å². The Morgan fingerprint density at radius 1 is 1.60 bits per heavy atom. The lowest BCUT2D eigenvalue weighted by atomic mass is 10.1. The summed E-state index contributed by atoms with van der Waals surface area (Å²) in [7, 11) is 0. The van der Waals surface area contributed by atoms with E-state index in [9.17, 15) is 4.79 Å². The standard InChI is InChI=1S/C11H13ClN2O/c1-5-8-10(7(4)12)14-11(15)9(13-8)6(2)3/h5-6H,1,4H2,2-3H3,(H,14,15). The molecule has 0 fully saturated rings. The lowest BCUT2D eigenvalue weighted by Crippen LogP contribution is -2.19. The third-order valence-corrected chi connectivity index (χ3v) is 2.17. The number of nitrogens with zero attached hydrogens (tertiary/aromatic N) is 1. The maximum atomic E-state index is 11.6. The molecule has 0 aliphatic carbocycles. The highest BCUT2D eigenvalue weighted by molar-refractivity contribution is 6.48. The smallest absolute Gasteiger partial charge is 0.270 e. The lowest BCUT2D eigenvalue weighted by Gasteiger charge is -2.08. The van der Waals surface area contributed by atoms with E-state index in [1.807, 2.05) is 13.8 Å². The Bertz CT molecular complexity index is 460. The van der Waals surface area contributed by atoms with E-state index in [0.717, 1.165) is 0 Å². The average Bonchev–Trinajstić information content (AvgIpc) is 2.16. The van der Waals surface area contributed by atoms with Gasteiger partial charge in [-0.15, -0.1) is 0 Å². The van der Waals surface area contributed by atoms with Gasteiger partial charge in [0.15, 0.2) is 0 Å². The van der Waals surface area contributed by atoms with Crippen LogP contribution in [0.25, 0.3) is 11.1 Å². The van der Waals surface area contributed by atoms with Crippen molar-refractivity contribution in [1.82, 2.24) is 9.97 Å². The van der Waals surface area contributed by atoms with Gasteiger partial charge in [-0.1, -0.05) is 38.6 Å². The van der Waals surface area contributed by atoms with Gasteiger partial charge < -0.3 is 4.98 Å². The molecule has 1 rings (SSSR count). The highest BCUT2D eigenvalue weighted by Crippen LogP contribution is 2.18. The van der Waals surface area contributed by atoms with Crippen LogP contribution in [0.2, 0.25) is 0 Å². The molecule has 1 aromatic rings. The number of rotatable bonds is 3. The molecule has 0 aromatic carbocycles. The largest absolute Gasteiger partial charge is 0.318 e. The first kappa shape index (κ1) is 11.7. The summed E-state index contributed by atoms with van der Waals surface area (Å²) in [4.78, 5) is 18.5. The second kappa shape index (κ2) is 4.45. The van der Waals surface area contributed by atoms with Crippen molar-refractivity contribution in [3.05, 3.63) is 40.6 Å². The fourth-order valence-electron chi connectivity index (χ4n) is 1.22. The summed E-state index contributed by atoms with van der Waals surface area (Å²) < 4.78 is 0. The number of halogens is 1. The monoisotopic (exact) mass is 224 g/mol. The van der Waals surface area contributed by atoms with Crippen LogP contribution in [0.1, 0.15) is 36.8 Å². The van der Waals surface area contributed by atoms with Crippen molar-refractivity contribution >= 4 is 22.7 Å². The Morgan fingerprint density at radius 2 is 2.20 bits per heavy atom. The van der Waals surface area contributed by atoms with Crippen LogP contribution in [0.5, 0.6) is 0 Å². The van der Waals surface area contributed by atoms with E-state index in [0.29, 0.717) is 17.1 Å². The third-order valence-electron chi connectivity index (χ3n) is 1.98. The Hall–Kier alpha value is -1.35. The first-order valence-electron chi connectivity index (χ1n) is 4.58. The summed E-state index contributed by atoms with van der Waals surface area (Å²) in [5, 5.41) is 0.254. The molecule has 0 unspecified atom stereocenters. The Balaban J connectivity index is 3.49. The van der Waals surface area contributed by atoms with Crippen LogP contribution in [-0.4, -0.2) is 9.97 Å². The molecule has 0 aliphatic rings.